The number of nitrogens with zero attached hydrogens (tertiary/aromatic N) is 4. The van der Waals surface area contributed by atoms with E-state index in [4.69, 9.17) is 11.5 Å². The molecular weight excluding hydrogens is 351 g/mol. The van der Waals surface area contributed by atoms with Crippen LogP contribution in [-0.2, 0) is 16.8 Å². The molecule has 0 aromatic carbocycles. The van der Waals surface area contributed by atoms with Crippen molar-refractivity contribution >= 4 is 57.8 Å². The summed E-state index contributed by atoms with van der Waals surface area (Å²) in [5.41, 5.74) is 14.9. The van der Waals surface area contributed by atoms with E-state index in [0.717, 1.165) is 0 Å². The molecule has 0 amide bonds. The van der Waals surface area contributed by atoms with Crippen LogP contribution in [0.25, 0.3) is 11.5 Å². The van der Waals surface area contributed by atoms with Crippen molar-refractivity contribution in [2.45, 2.75) is 0 Å². The van der Waals surface area contributed by atoms with Crippen molar-refractivity contribution in [3.63, 3.8) is 0 Å². The Morgan fingerprint density at radius 1 is 0.952 bits per heavy atom. The summed E-state index contributed by atoms with van der Waals surface area (Å²) in [7, 11) is 0. The summed E-state index contributed by atoms with van der Waals surface area (Å²) in [5.74, 6) is 0.311. The van der Waals surface area contributed by atoms with E-state index in [9.17, 15) is 0 Å². The van der Waals surface area contributed by atoms with E-state index in [2.05, 4.69) is 54.7 Å². The van der Waals surface area contributed by atoms with Gasteiger partial charge in [-0.3, -0.25) is 0 Å². The van der Waals surface area contributed by atoms with Crippen LogP contribution in [-0.4, -0.2) is 20.3 Å². The number of hydrogen-bond acceptors (Lipinski definition) is 6. The van der Waals surface area contributed by atoms with Crippen LogP contribution in [0.5, 0.6) is 0 Å². The molecule has 6 nitrogen and oxygen atoms in total. The van der Waals surface area contributed by atoms with Crippen LogP contribution in [0.2, 0.25) is 0 Å². The molecule has 0 spiro atoms. The van der Waals surface area contributed by atoms with Gasteiger partial charge in [0, 0.05) is 0 Å². The van der Waals surface area contributed by atoms with Crippen LogP contribution < -0.4 is 0 Å². The second-order valence-corrected chi connectivity index (χ2v) is 3.51. The monoisotopic (exact) mass is 359 g/mol. The standard InChI is InChI=1S/C7H3N4S2.C5H5N2.Co/c8-7-6(11-4-13)5(10-3-12)1-2-9-7;6-5-3-1-2-4-7-5;/h1-2H,(H-,8,9);1-4H,(H-,6,7);/q2*-1;+2. The first-order valence-corrected chi connectivity index (χ1v) is 5.99. The minimum Gasteiger partial charge on any atom is -0.482 e. The summed E-state index contributed by atoms with van der Waals surface area (Å²) in [6.07, 6.45) is 3.04. The molecule has 9 heteroatoms. The minimum atomic E-state index is -0.0103. The number of aromatic nitrogens is 2. The van der Waals surface area contributed by atoms with Crippen molar-refractivity contribution in [1.29, 1.82) is 0 Å². The molecule has 2 aromatic rings. The van der Waals surface area contributed by atoms with E-state index in [0.29, 0.717) is 11.5 Å². The van der Waals surface area contributed by atoms with Gasteiger partial charge in [0.15, 0.2) is 0 Å². The molecule has 0 aliphatic rings. The summed E-state index contributed by atoms with van der Waals surface area (Å²) in [6.45, 7) is 0. The molecule has 107 valence electrons. The summed E-state index contributed by atoms with van der Waals surface area (Å²) < 4.78 is 0. The Kier molecular flexibility index (Phi) is 9.73. The molecule has 0 unspecified atom stereocenters. The van der Waals surface area contributed by atoms with E-state index in [1.165, 1.54) is 6.20 Å². The molecule has 0 aliphatic carbocycles. The smallest absolute Gasteiger partial charge is 0.482 e. The maximum Gasteiger partial charge on any atom is 2.00 e. The number of nitrogens with one attached hydrogen (secondary N) is 2. The molecule has 0 saturated carbocycles. The fraction of sp³-hybridized carbons (Fsp3) is 0. The Bertz CT molecular complexity index is 667. The summed E-state index contributed by atoms with van der Waals surface area (Å²) in [6, 6.07) is 6.79. The molecule has 0 fully saturated rings. The van der Waals surface area contributed by atoms with Gasteiger partial charge in [-0.25, -0.2) is 0 Å². The predicted molar refractivity (Wildman–Crippen MR) is 85.8 cm³/mol. The van der Waals surface area contributed by atoms with Crippen LogP contribution in [0.15, 0.2) is 46.6 Å². The number of hydrogen-bond donors (Lipinski definition) is 0. The van der Waals surface area contributed by atoms with E-state index >= 15 is 0 Å². The van der Waals surface area contributed by atoms with Crippen molar-refractivity contribution < 1.29 is 16.8 Å². The first-order chi connectivity index (χ1) is 9.69. The zero-order valence-corrected chi connectivity index (χ0v) is 13.1. The average molecular weight is 359 g/mol. The summed E-state index contributed by atoms with van der Waals surface area (Å²) in [4.78, 5) is 14.7. The Hall–Kier alpha value is -1.99. The Morgan fingerprint density at radius 2 is 1.67 bits per heavy atom. The Morgan fingerprint density at radius 3 is 2.14 bits per heavy atom. The van der Waals surface area contributed by atoms with Crippen molar-refractivity contribution in [2.75, 3.05) is 0 Å². The quantitative estimate of drug-likeness (QED) is 0.557. The number of rotatable bonds is 2. The molecular formula is C12H8CoN6S2. The van der Waals surface area contributed by atoms with E-state index in [1.807, 2.05) is 0 Å². The number of isothiocyanates is 2. The van der Waals surface area contributed by atoms with Gasteiger partial charge in [-0.15, -0.1) is 0 Å². The van der Waals surface area contributed by atoms with Gasteiger partial charge in [0.2, 0.25) is 0 Å². The number of aliphatic imine (C=N–C) groups is 2. The molecule has 2 rings (SSSR count). The predicted octanol–water partition coefficient (Wildman–Crippen LogP) is 5.00. The van der Waals surface area contributed by atoms with E-state index < -0.39 is 0 Å². The van der Waals surface area contributed by atoms with Crippen molar-refractivity contribution in [2.24, 2.45) is 9.98 Å². The van der Waals surface area contributed by atoms with E-state index in [-0.39, 0.29) is 28.3 Å². The summed E-state index contributed by atoms with van der Waals surface area (Å²) >= 11 is 8.86. The second-order valence-electron chi connectivity index (χ2n) is 3.15. The number of pyridine rings is 2. The second kappa shape index (κ2) is 10.8. The van der Waals surface area contributed by atoms with Crippen LogP contribution in [0, 0.1) is 0 Å². The fourth-order valence-electron chi connectivity index (χ4n) is 1.10. The van der Waals surface area contributed by atoms with Gasteiger partial charge in [0.25, 0.3) is 0 Å². The van der Waals surface area contributed by atoms with Gasteiger partial charge in [-0.1, -0.05) is 36.4 Å². The number of thiocarbonyl (C=S) groups is 2. The van der Waals surface area contributed by atoms with Gasteiger partial charge in [-0.2, -0.15) is 9.98 Å². The van der Waals surface area contributed by atoms with Crippen LogP contribution >= 0.6 is 24.4 Å². The first-order valence-electron chi connectivity index (χ1n) is 5.18. The van der Waals surface area contributed by atoms with Crippen molar-refractivity contribution in [3.05, 3.63) is 48.1 Å². The SMILES string of the molecule is [Co+2].[NH-]c1ccccn1.[NH-]c1nccc(N=C=S)c1N=C=S. The zero-order chi connectivity index (χ0) is 14.8. The maximum absolute atomic E-state index is 7.38. The molecule has 0 atom stereocenters. The van der Waals surface area contributed by atoms with Crippen LogP contribution in [0.1, 0.15) is 0 Å². The third-order valence-electron chi connectivity index (χ3n) is 1.89. The molecule has 0 bridgehead atoms. The van der Waals surface area contributed by atoms with Gasteiger partial charge < -0.3 is 21.4 Å². The topological polar surface area (TPSA) is 98.1 Å². The van der Waals surface area contributed by atoms with Crippen molar-refractivity contribution in [1.82, 2.24) is 9.97 Å². The van der Waals surface area contributed by atoms with Crippen molar-refractivity contribution in [3.8, 4) is 0 Å². The third-order valence-corrected chi connectivity index (χ3v) is 2.07. The zero-order valence-electron chi connectivity index (χ0n) is 10.4. The Labute approximate surface area is 142 Å². The minimum absolute atomic E-state index is 0. The molecule has 2 N–H and O–H groups in total. The van der Waals surface area contributed by atoms with Gasteiger partial charge >= 0.3 is 16.8 Å². The maximum atomic E-state index is 7.38. The van der Waals surface area contributed by atoms with Gasteiger partial charge in [0.1, 0.15) is 0 Å². The van der Waals surface area contributed by atoms with Gasteiger partial charge in [0.05, 0.1) is 21.7 Å². The molecule has 2 aromatic heterocycles. The summed E-state index contributed by atoms with van der Waals surface area (Å²) in [5, 5.41) is 4.34. The fourth-order valence-corrected chi connectivity index (χ4v) is 1.29. The van der Waals surface area contributed by atoms with Crippen LogP contribution in [0.3, 0.4) is 0 Å². The van der Waals surface area contributed by atoms with Gasteiger partial charge in [-0.05, 0) is 36.3 Å². The normalized spacial score (nSPS) is 8.00. The molecule has 1 radical (unpaired) electrons. The molecule has 0 saturated heterocycles. The Balaban J connectivity index is 0.000000425. The third kappa shape index (κ3) is 6.82. The van der Waals surface area contributed by atoms with E-state index in [1.54, 1.807) is 30.5 Å². The van der Waals surface area contributed by atoms with Crippen LogP contribution in [0.4, 0.5) is 23.0 Å². The average Bonchev–Trinajstić information content (AvgIpc) is 2.45. The molecule has 21 heavy (non-hydrogen) atoms. The first kappa shape index (κ1) is 19.0. The molecule has 0 aliphatic heterocycles. The largest absolute Gasteiger partial charge is 2.00 e. The molecule has 2 heterocycles.